The first-order valence-corrected chi connectivity index (χ1v) is 8.10. The summed E-state index contributed by atoms with van der Waals surface area (Å²) < 4.78 is 3.83. The zero-order chi connectivity index (χ0) is 16.0. The Balaban J connectivity index is 1.59. The van der Waals surface area contributed by atoms with Crippen molar-refractivity contribution in [1.82, 2.24) is 29.1 Å². The van der Waals surface area contributed by atoms with Crippen molar-refractivity contribution < 1.29 is 4.79 Å². The highest BCUT2D eigenvalue weighted by atomic mass is 16.2. The molecule has 0 radical (unpaired) electrons. The normalized spacial score (nSPS) is 21.1. The number of amides is 1. The molecule has 7 heteroatoms. The maximum Gasteiger partial charge on any atom is 0.233 e. The number of rotatable bonds is 3. The van der Waals surface area contributed by atoms with E-state index >= 15 is 0 Å². The second kappa shape index (κ2) is 5.49. The van der Waals surface area contributed by atoms with Gasteiger partial charge in [-0.3, -0.25) is 14.4 Å². The zero-order valence-corrected chi connectivity index (χ0v) is 13.6. The summed E-state index contributed by atoms with van der Waals surface area (Å²) in [7, 11) is 3.91. The molecule has 7 nitrogen and oxygen atoms in total. The highest BCUT2D eigenvalue weighted by Gasteiger charge is 2.37. The molecule has 23 heavy (non-hydrogen) atoms. The second-order valence-electron chi connectivity index (χ2n) is 6.61. The Morgan fingerprint density at radius 2 is 2.17 bits per heavy atom. The van der Waals surface area contributed by atoms with Crippen LogP contribution in [0.2, 0.25) is 0 Å². The Kier molecular flexibility index (Phi) is 3.45. The Bertz CT molecular complexity index is 729. The molecule has 4 rings (SSSR count). The maximum atomic E-state index is 12.8. The third-order valence-corrected chi connectivity index (χ3v) is 4.84. The molecule has 0 N–H and O–H groups in total. The summed E-state index contributed by atoms with van der Waals surface area (Å²) in [6, 6.07) is 0. The van der Waals surface area contributed by atoms with Gasteiger partial charge in [-0.1, -0.05) is 0 Å². The van der Waals surface area contributed by atoms with Crippen molar-refractivity contribution in [3.63, 3.8) is 0 Å². The van der Waals surface area contributed by atoms with E-state index in [1.807, 2.05) is 47.0 Å². The van der Waals surface area contributed by atoms with Crippen molar-refractivity contribution in [2.45, 2.75) is 25.4 Å². The van der Waals surface area contributed by atoms with E-state index in [1.165, 1.54) is 5.56 Å². The van der Waals surface area contributed by atoms with Crippen LogP contribution in [0.25, 0.3) is 0 Å². The minimum atomic E-state index is -0.108. The summed E-state index contributed by atoms with van der Waals surface area (Å²) >= 11 is 0. The van der Waals surface area contributed by atoms with Gasteiger partial charge in [-0.15, -0.1) is 0 Å². The summed E-state index contributed by atoms with van der Waals surface area (Å²) in [5, 5.41) is 4.23. The summed E-state index contributed by atoms with van der Waals surface area (Å²) in [5.41, 5.74) is 3.29. The first-order chi connectivity index (χ1) is 11.1. The summed E-state index contributed by atoms with van der Waals surface area (Å²) in [6.45, 7) is 4.12. The van der Waals surface area contributed by atoms with Crippen LogP contribution in [-0.4, -0.2) is 54.7 Å². The molecule has 0 aliphatic carbocycles. The van der Waals surface area contributed by atoms with Gasteiger partial charge in [0.2, 0.25) is 5.91 Å². The fraction of sp³-hybridized carbons (Fsp3) is 0.562. The highest BCUT2D eigenvalue weighted by Crippen LogP contribution is 2.30. The molecule has 2 aromatic rings. The lowest BCUT2D eigenvalue weighted by Crippen LogP contribution is -2.48. The van der Waals surface area contributed by atoms with Crippen LogP contribution in [0.4, 0.5) is 0 Å². The Hall–Kier alpha value is -2.15. The number of carbonyl (C=O) groups excluding carboxylic acids is 1. The van der Waals surface area contributed by atoms with Gasteiger partial charge in [0, 0.05) is 58.6 Å². The molecule has 0 aromatic carbocycles. The van der Waals surface area contributed by atoms with Gasteiger partial charge in [-0.05, 0) is 6.42 Å². The fourth-order valence-corrected chi connectivity index (χ4v) is 3.56. The van der Waals surface area contributed by atoms with Crippen LogP contribution in [0.3, 0.4) is 0 Å². The molecule has 0 unspecified atom stereocenters. The molecule has 0 spiro atoms. The van der Waals surface area contributed by atoms with Crippen molar-refractivity contribution in [2.75, 3.05) is 19.6 Å². The van der Waals surface area contributed by atoms with Crippen molar-refractivity contribution in [3.8, 4) is 0 Å². The smallest absolute Gasteiger partial charge is 0.233 e. The van der Waals surface area contributed by atoms with Gasteiger partial charge in [0.1, 0.15) is 0 Å². The second-order valence-corrected chi connectivity index (χ2v) is 6.61. The average Bonchev–Trinajstić information content (AvgIpc) is 3.03. The molecule has 122 valence electrons. The number of likely N-dealkylation sites (tertiary alicyclic amines) is 1. The molecule has 0 saturated carbocycles. The summed E-state index contributed by atoms with van der Waals surface area (Å²) in [6.07, 6.45) is 6.87. The average molecular weight is 314 g/mol. The maximum absolute atomic E-state index is 12.8. The third kappa shape index (κ3) is 2.55. The van der Waals surface area contributed by atoms with E-state index in [0.717, 1.165) is 50.5 Å². The van der Waals surface area contributed by atoms with Gasteiger partial charge in [0.15, 0.2) is 0 Å². The predicted octanol–water partition coefficient (Wildman–Crippen LogP) is 0.485. The van der Waals surface area contributed by atoms with Gasteiger partial charge in [-0.25, -0.2) is 4.98 Å². The van der Waals surface area contributed by atoms with Gasteiger partial charge in [0.25, 0.3) is 0 Å². The molecule has 1 amide bonds. The molecule has 2 aliphatic heterocycles. The van der Waals surface area contributed by atoms with Crippen LogP contribution < -0.4 is 0 Å². The van der Waals surface area contributed by atoms with Crippen LogP contribution in [0.5, 0.6) is 0 Å². The van der Waals surface area contributed by atoms with Crippen molar-refractivity contribution in [1.29, 1.82) is 0 Å². The summed E-state index contributed by atoms with van der Waals surface area (Å²) in [5.74, 6) is 0.139. The molecule has 0 bridgehead atoms. The van der Waals surface area contributed by atoms with Gasteiger partial charge in [0.05, 0.1) is 29.8 Å². The minimum Gasteiger partial charge on any atom is -0.342 e. The van der Waals surface area contributed by atoms with E-state index < -0.39 is 0 Å². The van der Waals surface area contributed by atoms with Crippen LogP contribution >= 0.6 is 0 Å². The minimum absolute atomic E-state index is 0.108. The van der Waals surface area contributed by atoms with Gasteiger partial charge >= 0.3 is 0 Å². The van der Waals surface area contributed by atoms with Crippen molar-refractivity contribution in [3.05, 3.63) is 35.7 Å². The van der Waals surface area contributed by atoms with E-state index in [2.05, 4.69) is 15.0 Å². The molecule has 2 aliphatic rings. The number of aryl methyl sites for hydroxylation is 2. The number of nitrogens with zero attached hydrogens (tertiary/aromatic N) is 6. The van der Waals surface area contributed by atoms with Crippen LogP contribution in [0, 0.1) is 0 Å². The van der Waals surface area contributed by atoms with Crippen LogP contribution in [0.1, 0.15) is 29.3 Å². The number of fused-ring (bicyclic) bond motifs is 1. The Labute approximate surface area is 135 Å². The van der Waals surface area contributed by atoms with Gasteiger partial charge in [-0.2, -0.15) is 5.10 Å². The van der Waals surface area contributed by atoms with Crippen molar-refractivity contribution in [2.24, 2.45) is 14.1 Å². The standard InChI is InChI=1S/C16H22N6O/c1-19-11-17-14-10-21(8-12-6-18-20(2)7-12)9-13(15(14)19)16(23)22-4-3-5-22/h6-7,11,13H,3-5,8-10H2,1-2H3/t13-/m1/s1. The largest absolute Gasteiger partial charge is 0.342 e. The monoisotopic (exact) mass is 314 g/mol. The molecule has 1 fully saturated rings. The molecule has 2 aromatic heterocycles. The molecule has 1 atom stereocenters. The third-order valence-electron chi connectivity index (χ3n) is 4.84. The Morgan fingerprint density at radius 1 is 1.35 bits per heavy atom. The molecular weight excluding hydrogens is 292 g/mol. The lowest BCUT2D eigenvalue weighted by Gasteiger charge is -2.38. The predicted molar refractivity (Wildman–Crippen MR) is 84.5 cm³/mol. The lowest BCUT2D eigenvalue weighted by molar-refractivity contribution is -0.137. The van der Waals surface area contributed by atoms with E-state index in [-0.39, 0.29) is 11.8 Å². The molecular formula is C16H22N6O. The topological polar surface area (TPSA) is 59.2 Å². The van der Waals surface area contributed by atoms with E-state index in [4.69, 9.17) is 0 Å². The van der Waals surface area contributed by atoms with Crippen LogP contribution in [-0.2, 0) is 32.0 Å². The number of hydrogen-bond donors (Lipinski definition) is 0. The lowest BCUT2D eigenvalue weighted by atomic mass is 9.95. The summed E-state index contributed by atoms with van der Waals surface area (Å²) in [4.78, 5) is 21.6. The molecule has 1 saturated heterocycles. The number of imidazole rings is 1. The quantitative estimate of drug-likeness (QED) is 0.827. The highest BCUT2D eigenvalue weighted by molar-refractivity contribution is 5.84. The van der Waals surface area contributed by atoms with E-state index in [9.17, 15) is 4.79 Å². The van der Waals surface area contributed by atoms with Gasteiger partial charge < -0.3 is 9.47 Å². The number of carbonyl (C=O) groups is 1. The number of aromatic nitrogens is 4. The van der Waals surface area contributed by atoms with Crippen LogP contribution in [0.15, 0.2) is 18.7 Å². The first kappa shape index (κ1) is 14.4. The first-order valence-electron chi connectivity index (χ1n) is 8.10. The zero-order valence-electron chi connectivity index (χ0n) is 13.6. The van der Waals surface area contributed by atoms with E-state index in [0.29, 0.717) is 0 Å². The Morgan fingerprint density at radius 3 is 2.83 bits per heavy atom. The molecule has 4 heterocycles. The fourth-order valence-electron chi connectivity index (χ4n) is 3.56. The SMILES string of the molecule is Cn1cc(CN2Cc3ncn(C)c3[C@H](C(=O)N3CCC3)C2)cn1. The van der Waals surface area contributed by atoms with Crippen molar-refractivity contribution >= 4 is 5.91 Å². The van der Waals surface area contributed by atoms with E-state index in [1.54, 1.807) is 0 Å². The number of hydrogen-bond acceptors (Lipinski definition) is 4.